The number of ketones is 1. The zero-order chi connectivity index (χ0) is 14.7. The minimum absolute atomic E-state index is 0.0758. The highest BCUT2D eigenvalue weighted by atomic mass is 35.5. The van der Waals surface area contributed by atoms with E-state index < -0.39 is 0 Å². The Morgan fingerprint density at radius 3 is 2.35 bits per heavy atom. The second-order valence-corrected chi connectivity index (χ2v) is 6.80. The topological polar surface area (TPSA) is 17.1 Å². The summed E-state index contributed by atoms with van der Waals surface area (Å²) in [4.78, 5) is 13.4. The Bertz CT molecular complexity index is 623. The normalized spacial score (nSPS) is 12.2. The molecule has 0 aliphatic rings. The van der Waals surface area contributed by atoms with Crippen LogP contribution in [0.1, 0.15) is 22.8 Å². The zero-order valence-electron chi connectivity index (χ0n) is 11.2. The lowest BCUT2D eigenvalue weighted by molar-refractivity contribution is 0.0994. The smallest absolute Gasteiger partial charge is 0.175 e. The lowest BCUT2D eigenvalue weighted by Crippen LogP contribution is -2.13. The Kier molecular flexibility index (Phi) is 5.14. The molecule has 0 N–H and O–H groups in total. The monoisotopic (exact) mass is 324 g/mol. The van der Waals surface area contributed by atoms with Gasteiger partial charge in [-0.2, -0.15) is 0 Å². The van der Waals surface area contributed by atoms with Crippen molar-refractivity contribution in [3.8, 4) is 0 Å². The lowest BCUT2D eigenvalue weighted by Gasteiger charge is -2.11. The molecule has 4 heteroatoms. The van der Waals surface area contributed by atoms with E-state index in [0.717, 1.165) is 10.5 Å². The molecule has 0 saturated heterocycles. The molecular weight excluding hydrogens is 311 g/mol. The van der Waals surface area contributed by atoms with Gasteiger partial charge in [-0.3, -0.25) is 4.79 Å². The highest BCUT2D eigenvalue weighted by Crippen LogP contribution is 2.27. The van der Waals surface area contributed by atoms with Crippen LogP contribution in [0.2, 0.25) is 10.0 Å². The van der Waals surface area contributed by atoms with Gasteiger partial charge in [-0.05, 0) is 49.7 Å². The largest absolute Gasteiger partial charge is 0.293 e. The fourth-order valence-electron chi connectivity index (χ4n) is 1.75. The van der Waals surface area contributed by atoms with E-state index in [1.54, 1.807) is 6.07 Å². The molecule has 2 aromatic carbocycles. The molecule has 0 heterocycles. The summed E-state index contributed by atoms with van der Waals surface area (Å²) in [5.74, 6) is 0.0758. The number of hydrogen-bond donors (Lipinski definition) is 0. The molecular formula is C16H14Cl2OS. The molecule has 0 spiro atoms. The van der Waals surface area contributed by atoms with Crippen LogP contribution >= 0.6 is 35.0 Å². The zero-order valence-corrected chi connectivity index (χ0v) is 13.5. The fraction of sp³-hybridized carbons (Fsp3) is 0.188. The first-order valence-electron chi connectivity index (χ1n) is 6.20. The molecule has 2 aromatic rings. The number of carbonyl (C=O) groups excluding carboxylic acids is 1. The summed E-state index contributed by atoms with van der Waals surface area (Å²) < 4.78 is 0. The van der Waals surface area contributed by atoms with Crippen LogP contribution < -0.4 is 0 Å². The molecule has 0 radical (unpaired) electrons. The molecule has 0 aliphatic heterocycles. The van der Waals surface area contributed by atoms with E-state index >= 15 is 0 Å². The van der Waals surface area contributed by atoms with E-state index in [1.165, 1.54) is 11.8 Å². The summed E-state index contributed by atoms with van der Waals surface area (Å²) >= 11 is 13.4. The van der Waals surface area contributed by atoms with Gasteiger partial charge in [0.25, 0.3) is 0 Å². The van der Waals surface area contributed by atoms with E-state index in [4.69, 9.17) is 23.2 Å². The summed E-state index contributed by atoms with van der Waals surface area (Å²) in [6.07, 6.45) is 0. The molecule has 20 heavy (non-hydrogen) atoms. The van der Waals surface area contributed by atoms with Gasteiger partial charge in [0.15, 0.2) is 5.78 Å². The van der Waals surface area contributed by atoms with Crippen molar-refractivity contribution in [1.29, 1.82) is 0 Å². The molecule has 0 fully saturated rings. The van der Waals surface area contributed by atoms with Gasteiger partial charge in [0.2, 0.25) is 0 Å². The first-order chi connectivity index (χ1) is 9.47. The van der Waals surface area contributed by atoms with E-state index in [1.807, 2.05) is 50.2 Å². The third-order valence-electron chi connectivity index (χ3n) is 2.95. The van der Waals surface area contributed by atoms with E-state index in [9.17, 15) is 4.79 Å². The molecule has 104 valence electrons. The predicted molar refractivity (Wildman–Crippen MR) is 87.3 cm³/mol. The standard InChI is InChI=1S/C16H14Cl2OS/c1-10-3-4-12(9-15(10)18)16(19)11(2)20-14-7-5-13(17)6-8-14/h3-9,11H,1-2H3/t11-/m0/s1. The Morgan fingerprint density at radius 1 is 1.10 bits per heavy atom. The lowest BCUT2D eigenvalue weighted by atomic mass is 10.1. The minimum atomic E-state index is -0.171. The third-order valence-corrected chi connectivity index (χ3v) is 4.72. The molecule has 1 atom stereocenters. The van der Waals surface area contributed by atoms with Gasteiger partial charge in [0.1, 0.15) is 0 Å². The average Bonchev–Trinajstić information content (AvgIpc) is 2.43. The molecule has 0 amide bonds. The molecule has 0 unspecified atom stereocenters. The summed E-state index contributed by atoms with van der Waals surface area (Å²) in [5, 5.41) is 1.15. The maximum Gasteiger partial charge on any atom is 0.175 e. The van der Waals surface area contributed by atoms with Gasteiger partial charge in [0.05, 0.1) is 5.25 Å². The Hall–Kier alpha value is -0.960. The van der Waals surface area contributed by atoms with Gasteiger partial charge in [-0.15, -0.1) is 11.8 Å². The highest BCUT2D eigenvalue weighted by Gasteiger charge is 2.17. The van der Waals surface area contributed by atoms with Crippen LogP contribution in [0.15, 0.2) is 47.4 Å². The SMILES string of the molecule is Cc1ccc(C(=O)[C@H](C)Sc2ccc(Cl)cc2)cc1Cl. The van der Waals surface area contributed by atoms with Crippen LogP contribution in [-0.4, -0.2) is 11.0 Å². The van der Waals surface area contributed by atoms with Crippen LogP contribution in [0, 0.1) is 6.92 Å². The van der Waals surface area contributed by atoms with Crippen molar-refractivity contribution in [2.24, 2.45) is 0 Å². The number of benzene rings is 2. The Morgan fingerprint density at radius 2 is 1.75 bits per heavy atom. The quantitative estimate of drug-likeness (QED) is 0.532. The molecule has 0 aromatic heterocycles. The van der Waals surface area contributed by atoms with Crippen molar-refractivity contribution in [2.75, 3.05) is 0 Å². The summed E-state index contributed by atoms with van der Waals surface area (Å²) in [7, 11) is 0. The maximum atomic E-state index is 12.4. The van der Waals surface area contributed by atoms with Crippen LogP contribution in [0.3, 0.4) is 0 Å². The van der Waals surface area contributed by atoms with Gasteiger partial charge in [-0.1, -0.05) is 35.3 Å². The Labute approximate surface area is 133 Å². The number of Topliss-reactive ketones (excluding diaryl/α,β-unsaturated/α-hetero) is 1. The third kappa shape index (κ3) is 3.78. The number of halogens is 2. The summed E-state index contributed by atoms with van der Waals surface area (Å²) in [5.41, 5.74) is 1.62. The number of aryl methyl sites for hydroxylation is 1. The van der Waals surface area contributed by atoms with Gasteiger partial charge >= 0.3 is 0 Å². The van der Waals surface area contributed by atoms with Crippen molar-refractivity contribution in [2.45, 2.75) is 24.0 Å². The van der Waals surface area contributed by atoms with E-state index in [0.29, 0.717) is 15.6 Å². The van der Waals surface area contributed by atoms with Gasteiger partial charge in [0, 0.05) is 20.5 Å². The first-order valence-corrected chi connectivity index (χ1v) is 7.83. The molecule has 0 aliphatic carbocycles. The summed E-state index contributed by atoms with van der Waals surface area (Å²) in [6, 6.07) is 12.9. The maximum absolute atomic E-state index is 12.4. The second kappa shape index (κ2) is 6.66. The van der Waals surface area contributed by atoms with Crippen LogP contribution in [0.25, 0.3) is 0 Å². The second-order valence-electron chi connectivity index (χ2n) is 4.54. The van der Waals surface area contributed by atoms with Crippen molar-refractivity contribution < 1.29 is 4.79 Å². The van der Waals surface area contributed by atoms with Gasteiger partial charge < -0.3 is 0 Å². The van der Waals surface area contributed by atoms with Crippen molar-refractivity contribution in [3.05, 3.63) is 63.6 Å². The Balaban J connectivity index is 2.11. The minimum Gasteiger partial charge on any atom is -0.293 e. The first kappa shape index (κ1) is 15.4. The fourth-order valence-corrected chi connectivity index (χ4v) is 3.00. The average molecular weight is 325 g/mol. The van der Waals surface area contributed by atoms with Crippen LogP contribution in [0.5, 0.6) is 0 Å². The van der Waals surface area contributed by atoms with E-state index in [-0.39, 0.29) is 11.0 Å². The number of carbonyl (C=O) groups is 1. The van der Waals surface area contributed by atoms with E-state index in [2.05, 4.69) is 0 Å². The number of thioether (sulfide) groups is 1. The van der Waals surface area contributed by atoms with Crippen molar-refractivity contribution >= 4 is 40.7 Å². The summed E-state index contributed by atoms with van der Waals surface area (Å²) in [6.45, 7) is 3.82. The van der Waals surface area contributed by atoms with Crippen molar-refractivity contribution in [3.63, 3.8) is 0 Å². The van der Waals surface area contributed by atoms with Crippen molar-refractivity contribution in [1.82, 2.24) is 0 Å². The predicted octanol–water partition coefficient (Wildman–Crippen LogP) is 5.67. The van der Waals surface area contributed by atoms with Crippen LogP contribution in [0.4, 0.5) is 0 Å². The highest BCUT2D eigenvalue weighted by molar-refractivity contribution is 8.00. The number of hydrogen-bond acceptors (Lipinski definition) is 2. The molecule has 2 rings (SSSR count). The number of rotatable bonds is 4. The van der Waals surface area contributed by atoms with Crippen LogP contribution in [-0.2, 0) is 0 Å². The molecule has 0 bridgehead atoms. The molecule has 0 saturated carbocycles. The van der Waals surface area contributed by atoms with Gasteiger partial charge in [-0.25, -0.2) is 0 Å². The molecule has 1 nitrogen and oxygen atoms in total.